The first-order chi connectivity index (χ1) is 14.9. The molecule has 7 N–H and O–H groups in total. The number of ether oxygens (including phenoxy) is 4. The molecular weight excluding hydrogens is 416 g/mol. The molecular formula is C20H36O11. The van der Waals surface area contributed by atoms with E-state index in [1.807, 2.05) is 0 Å². The molecule has 0 amide bonds. The Balaban J connectivity index is 1.57. The average molecular weight is 452 g/mol. The highest BCUT2D eigenvalue weighted by molar-refractivity contribution is 4.94. The van der Waals surface area contributed by atoms with Crippen LogP contribution in [0.15, 0.2) is 0 Å². The standard InChI is InChI=1S/C20H36O11/c21-8-11-13(23)14(24)16(26)20(29-11)31-18-12(9-22)30-19(17(27)15(18)25)28-7-6-10-4-2-1-3-5-10/h10-27H,1-9H2/t11-,12-,13-,14+,15-,16-,17-,18-,19?,20?/m1/s1. The summed E-state index contributed by atoms with van der Waals surface area (Å²) in [6, 6.07) is 0. The smallest absolute Gasteiger partial charge is 0.187 e. The molecule has 2 unspecified atom stereocenters. The predicted octanol–water partition coefficient (Wildman–Crippen LogP) is -2.40. The highest BCUT2D eigenvalue weighted by Gasteiger charge is 2.50. The molecule has 0 bridgehead atoms. The van der Waals surface area contributed by atoms with E-state index in [0.29, 0.717) is 12.5 Å². The van der Waals surface area contributed by atoms with Crippen molar-refractivity contribution in [2.75, 3.05) is 19.8 Å². The summed E-state index contributed by atoms with van der Waals surface area (Å²) in [6.45, 7) is -0.874. The topological polar surface area (TPSA) is 179 Å². The molecule has 0 aromatic carbocycles. The Labute approximate surface area is 181 Å². The normalized spacial score (nSPS) is 45.0. The zero-order chi connectivity index (χ0) is 22.5. The van der Waals surface area contributed by atoms with Crippen LogP contribution in [0, 0.1) is 5.92 Å². The minimum atomic E-state index is -1.69. The molecule has 0 aromatic rings. The van der Waals surface area contributed by atoms with E-state index in [2.05, 4.69) is 0 Å². The highest BCUT2D eigenvalue weighted by Crippen LogP contribution is 2.30. The molecule has 2 heterocycles. The lowest BCUT2D eigenvalue weighted by Crippen LogP contribution is -2.64. The van der Waals surface area contributed by atoms with Crippen LogP contribution in [0.5, 0.6) is 0 Å². The molecule has 0 radical (unpaired) electrons. The van der Waals surface area contributed by atoms with Crippen molar-refractivity contribution in [1.29, 1.82) is 0 Å². The van der Waals surface area contributed by atoms with Crippen molar-refractivity contribution in [3.63, 3.8) is 0 Å². The van der Waals surface area contributed by atoms with Gasteiger partial charge in [-0.3, -0.25) is 0 Å². The van der Waals surface area contributed by atoms with Crippen molar-refractivity contribution in [3.05, 3.63) is 0 Å². The summed E-state index contributed by atoms with van der Waals surface area (Å²) in [5.74, 6) is 0.565. The van der Waals surface area contributed by atoms with E-state index in [4.69, 9.17) is 18.9 Å². The van der Waals surface area contributed by atoms with Crippen LogP contribution in [0.25, 0.3) is 0 Å². The van der Waals surface area contributed by atoms with Gasteiger partial charge in [0.2, 0.25) is 0 Å². The average Bonchev–Trinajstić information content (AvgIpc) is 2.79. The molecule has 3 aliphatic rings. The van der Waals surface area contributed by atoms with Crippen molar-refractivity contribution >= 4 is 0 Å². The van der Waals surface area contributed by atoms with Crippen LogP contribution in [0.3, 0.4) is 0 Å². The molecule has 31 heavy (non-hydrogen) atoms. The first kappa shape index (κ1) is 25.2. The Hall–Kier alpha value is -0.440. The third-order valence-corrected chi connectivity index (χ3v) is 6.49. The van der Waals surface area contributed by atoms with Crippen molar-refractivity contribution in [1.82, 2.24) is 0 Å². The van der Waals surface area contributed by atoms with Gasteiger partial charge in [-0.1, -0.05) is 32.1 Å². The van der Waals surface area contributed by atoms with Crippen molar-refractivity contribution in [3.8, 4) is 0 Å². The van der Waals surface area contributed by atoms with Gasteiger partial charge in [0.25, 0.3) is 0 Å². The van der Waals surface area contributed by atoms with E-state index < -0.39 is 74.6 Å². The summed E-state index contributed by atoms with van der Waals surface area (Å²) in [4.78, 5) is 0. The monoisotopic (exact) mass is 452 g/mol. The van der Waals surface area contributed by atoms with Gasteiger partial charge in [-0.15, -0.1) is 0 Å². The molecule has 11 nitrogen and oxygen atoms in total. The fourth-order valence-electron chi connectivity index (χ4n) is 4.52. The Morgan fingerprint density at radius 2 is 1.29 bits per heavy atom. The van der Waals surface area contributed by atoms with Crippen molar-refractivity contribution < 1.29 is 54.7 Å². The lowest BCUT2D eigenvalue weighted by atomic mass is 9.87. The third kappa shape index (κ3) is 5.92. The molecule has 3 fully saturated rings. The van der Waals surface area contributed by atoms with E-state index in [-0.39, 0.29) is 0 Å². The van der Waals surface area contributed by atoms with Gasteiger partial charge in [0.15, 0.2) is 12.6 Å². The van der Waals surface area contributed by atoms with Gasteiger partial charge >= 0.3 is 0 Å². The van der Waals surface area contributed by atoms with Crippen LogP contribution in [0.1, 0.15) is 38.5 Å². The molecule has 3 rings (SSSR count). The lowest BCUT2D eigenvalue weighted by molar-refractivity contribution is -0.359. The van der Waals surface area contributed by atoms with Gasteiger partial charge in [-0.05, 0) is 12.3 Å². The Bertz CT molecular complexity index is 527. The highest BCUT2D eigenvalue weighted by atomic mass is 16.7. The molecule has 0 spiro atoms. The maximum absolute atomic E-state index is 10.6. The van der Waals surface area contributed by atoms with Gasteiger partial charge in [-0.2, -0.15) is 0 Å². The number of hydrogen-bond donors (Lipinski definition) is 7. The fraction of sp³-hybridized carbons (Fsp3) is 1.00. The molecule has 11 heteroatoms. The van der Waals surface area contributed by atoms with Crippen LogP contribution in [0.2, 0.25) is 0 Å². The van der Waals surface area contributed by atoms with Crippen LogP contribution in [-0.4, -0.2) is 117 Å². The van der Waals surface area contributed by atoms with Crippen molar-refractivity contribution in [2.24, 2.45) is 5.92 Å². The zero-order valence-electron chi connectivity index (χ0n) is 17.5. The molecule has 2 saturated heterocycles. The molecule has 1 saturated carbocycles. The van der Waals surface area contributed by atoms with Crippen molar-refractivity contribution in [2.45, 2.75) is 99.9 Å². The van der Waals surface area contributed by atoms with E-state index >= 15 is 0 Å². The van der Waals surface area contributed by atoms with E-state index in [1.165, 1.54) is 19.3 Å². The number of hydrogen-bond acceptors (Lipinski definition) is 11. The predicted molar refractivity (Wildman–Crippen MR) is 104 cm³/mol. The minimum absolute atomic E-state index is 0.343. The molecule has 0 aromatic heterocycles. The SMILES string of the molecule is OC[C@H]1OC(O[C@H]2[C@H](O)[C@@H](O)C(OCCC3CCCCC3)O[C@@H]2CO)[C@H](O)[C@@H](O)[C@@H]1O. The van der Waals surface area contributed by atoms with Crippen LogP contribution >= 0.6 is 0 Å². The first-order valence-electron chi connectivity index (χ1n) is 11.1. The number of aliphatic hydroxyl groups is 7. The third-order valence-electron chi connectivity index (χ3n) is 6.49. The number of aliphatic hydroxyl groups excluding tert-OH is 7. The molecule has 2 aliphatic heterocycles. The number of rotatable bonds is 8. The second-order valence-corrected chi connectivity index (χ2v) is 8.67. The Kier molecular flexibility index (Phi) is 9.44. The summed E-state index contributed by atoms with van der Waals surface area (Å²) in [6.07, 6.45) is -7.49. The minimum Gasteiger partial charge on any atom is -0.394 e. The summed E-state index contributed by atoms with van der Waals surface area (Å²) in [5.41, 5.74) is 0. The summed E-state index contributed by atoms with van der Waals surface area (Å²) in [5, 5.41) is 69.9. The maximum Gasteiger partial charge on any atom is 0.187 e. The molecule has 182 valence electrons. The summed E-state index contributed by atoms with van der Waals surface area (Å²) >= 11 is 0. The molecule has 1 aliphatic carbocycles. The van der Waals surface area contributed by atoms with Crippen LogP contribution in [0.4, 0.5) is 0 Å². The Morgan fingerprint density at radius 1 is 0.677 bits per heavy atom. The lowest BCUT2D eigenvalue weighted by Gasteiger charge is -2.46. The quantitative estimate of drug-likeness (QED) is 0.209. The largest absolute Gasteiger partial charge is 0.394 e. The molecule has 10 atom stereocenters. The van der Waals surface area contributed by atoms with E-state index in [9.17, 15) is 35.7 Å². The second-order valence-electron chi connectivity index (χ2n) is 8.67. The van der Waals surface area contributed by atoms with Crippen LogP contribution in [-0.2, 0) is 18.9 Å². The van der Waals surface area contributed by atoms with E-state index in [1.54, 1.807) is 0 Å². The summed E-state index contributed by atoms with van der Waals surface area (Å²) < 4.78 is 22.0. The maximum atomic E-state index is 10.6. The van der Waals surface area contributed by atoms with Gasteiger partial charge in [0.05, 0.1) is 19.8 Å². The van der Waals surface area contributed by atoms with Gasteiger partial charge < -0.3 is 54.7 Å². The Morgan fingerprint density at radius 3 is 1.94 bits per heavy atom. The van der Waals surface area contributed by atoms with E-state index in [0.717, 1.165) is 19.3 Å². The fourth-order valence-corrected chi connectivity index (χ4v) is 4.52. The second kappa shape index (κ2) is 11.6. The van der Waals surface area contributed by atoms with Crippen LogP contribution < -0.4 is 0 Å². The zero-order valence-corrected chi connectivity index (χ0v) is 17.5. The van der Waals surface area contributed by atoms with Gasteiger partial charge in [0, 0.05) is 0 Å². The summed E-state index contributed by atoms with van der Waals surface area (Å²) in [7, 11) is 0. The van der Waals surface area contributed by atoms with Gasteiger partial charge in [0.1, 0.15) is 48.8 Å². The van der Waals surface area contributed by atoms with Gasteiger partial charge in [-0.25, -0.2) is 0 Å². The first-order valence-corrected chi connectivity index (χ1v) is 11.1.